The minimum absolute atomic E-state index is 0.0754. The van der Waals surface area contributed by atoms with E-state index in [9.17, 15) is 13.2 Å². The lowest BCUT2D eigenvalue weighted by Crippen LogP contribution is -2.33. The van der Waals surface area contributed by atoms with Gasteiger partial charge in [0.2, 0.25) is 0 Å². The summed E-state index contributed by atoms with van der Waals surface area (Å²) in [6.45, 7) is 2.90. The SMILES string of the molecule is CCN(C=C1SC(=S)N(Cc2ccco2)C1=O)C1CCS(=O)(=O)C1. The lowest BCUT2D eigenvalue weighted by molar-refractivity contribution is -0.122. The van der Waals surface area contributed by atoms with Crippen LogP contribution in [0.4, 0.5) is 0 Å². The molecule has 1 amide bonds. The van der Waals surface area contributed by atoms with E-state index in [1.807, 2.05) is 11.8 Å². The zero-order valence-corrected chi connectivity index (χ0v) is 15.6. The standard InChI is InChI=1S/C15H18N2O4S3/c1-2-16(11-5-7-24(19,20)10-11)9-13-14(18)17(15(22)23-13)8-12-4-3-6-21-12/h3-4,6,9,11H,2,5,7-8,10H2,1H3. The third kappa shape index (κ3) is 3.68. The van der Waals surface area contributed by atoms with Crippen molar-refractivity contribution in [3.8, 4) is 0 Å². The summed E-state index contributed by atoms with van der Waals surface area (Å²) in [7, 11) is -2.96. The molecule has 0 aromatic carbocycles. The Bertz CT molecular complexity index is 771. The van der Waals surface area contributed by atoms with E-state index in [0.717, 1.165) is 0 Å². The molecule has 2 aliphatic heterocycles. The molecule has 0 aliphatic carbocycles. The van der Waals surface area contributed by atoms with Gasteiger partial charge in [0.1, 0.15) is 10.1 Å². The Morgan fingerprint density at radius 3 is 2.92 bits per heavy atom. The molecular weight excluding hydrogens is 368 g/mol. The van der Waals surface area contributed by atoms with Crippen LogP contribution in [0.3, 0.4) is 0 Å². The molecule has 0 N–H and O–H groups in total. The van der Waals surface area contributed by atoms with Crippen LogP contribution < -0.4 is 0 Å². The Hall–Kier alpha value is -1.32. The van der Waals surface area contributed by atoms with Crippen LogP contribution in [0.15, 0.2) is 33.9 Å². The van der Waals surface area contributed by atoms with Crippen molar-refractivity contribution in [3.05, 3.63) is 35.3 Å². The van der Waals surface area contributed by atoms with Gasteiger partial charge in [-0.2, -0.15) is 0 Å². The van der Waals surface area contributed by atoms with Crippen molar-refractivity contribution in [3.63, 3.8) is 0 Å². The first-order chi connectivity index (χ1) is 11.4. The molecule has 3 heterocycles. The molecule has 1 aromatic rings. The third-order valence-corrected chi connectivity index (χ3v) is 7.21. The van der Waals surface area contributed by atoms with Crippen molar-refractivity contribution in [2.75, 3.05) is 18.1 Å². The number of hydrogen-bond donors (Lipinski definition) is 0. The summed E-state index contributed by atoms with van der Waals surface area (Å²) >= 11 is 6.54. The molecule has 2 fully saturated rings. The van der Waals surface area contributed by atoms with Gasteiger partial charge in [-0.1, -0.05) is 24.0 Å². The summed E-state index contributed by atoms with van der Waals surface area (Å²) in [4.78, 5) is 16.6. The number of thiocarbonyl (C=S) groups is 1. The smallest absolute Gasteiger partial charge is 0.268 e. The summed E-state index contributed by atoms with van der Waals surface area (Å²) in [6.07, 6.45) is 3.91. The highest BCUT2D eigenvalue weighted by Crippen LogP contribution is 2.33. The van der Waals surface area contributed by atoms with E-state index >= 15 is 0 Å². The quantitative estimate of drug-likeness (QED) is 0.566. The van der Waals surface area contributed by atoms with Crippen LogP contribution in [0.1, 0.15) is 19.1 Å². The average Bonchev–Trinajstić information content (AvgIpc) is 3.22. The predicted molar refractivity (Wildman–Crippen MR) is 97.0 cm³/mol. The van der Waals surface area contributed by atoms with E-state index in [1.54, 1.807) is 24.6 Å². The maximum absolute atomic E-state index is 12.6. The van der Waals surface area contributed by atoms with Crippen LogP contribution in [0, 0.1) is 0 Å². The normalized spacial score (nSPS) is 25.0. The second-order valence-corrected chi connectivity index (χ2v) is 9.62. The number of hydrogen-bond acceptors (Lipinski definition) is 7. The van der Waals surface area contributed by atoms with Crippen molar-refractivity contribution < 1.29 is 17.6 Å². The van der Waals surface area contributed by atoms with E-state index in [-0.39, 0.29) is 23.5 Å². The van der Waals surface area contributed by atoms with Crippen LogP contribution in [0.25, 0.3) is 0 Å². The maximum atomic E-state index is 12.6. The molecule has 24 heavy (non-hydrogen) atoms. The molecule has 0 saturated carbocycles. The topological polar surface area (TPSA) is 70.8 Å². The molecule has 2 saturated heterocycles. The van der Waals surface area contributed by atoms with E-state index in [0.29, 0.717) is 34.5 Å². The molecule has 3 rings (SSSR count). The zero-order valence-electron chi connectivity index (χ0n) is 13.2. The van der Waals surface area contributed by atoms with Crippen molar-refractivity contribution in [2.45, 2.75) is 25.9 Å². The highest BCUT2D eigenvalue weighted by Gasteiger charge is 2.35. The molecular formula is C15H18N2O4S3. The van der Waals surface area contributed by atoms with Gasteiger partial charge in [0, 0.05) is 18.8 Å². The molecule has 9 heteroatoms. The largest absolute Gasteiger partial charge is 0.467 e. The first kappa shape index (κ1) is 17.5. The molecule has 0 bridgehead atoms. The Morgan fingerprint density at radius 1 is 1.54 bits per heavy atom. The fourth-order valence-corrected chi connectivity index (χ4v) is 5.82. The molecule has 6 nitrogen and oxygen atoms in total. The van der Waals surface area contributed by atoms with E-state index < -0.39 is 9.84 Å². The number of nitrogens with zero attached hydrogens (tertiary/aromatic N) is 2. The van der Waals surface area contributed by atoms with Gasteiger partial charge in [0.25, 0.3) is 5.91 Å². The van der Waals surface area contributed by atoms with Gasteiger partial charge in [0.05, 0.1) is 29.2 Å². The number of carbonyl (C=O) groups excluding carboxylic acids is 1. The summed E-state index contributed by atoms with van der Waals surface area (Å²) in [6, 6.07) is 3.49. The van der Waals surface area contributed by atoms with Crippen molar-refractivity contribution in [2.24, 2.45) is 0 Å². The molecule has 0 spiro atoms. The average molecular weight is 387 g/mol. The lowest BCUT2D eigenvalue weighted by Gasteiger charge is -2.25. The summed E-state index contributed by atoms with van der Waals surface area (Å²) < 4.78 is 29.1. The molecule has 130 valence electrons. The van der Waals surface area contributed by atoms with Crippen LogP contribution in [-0.2, 0) is 21.2 Å². The Labute approximate surface area is 150 Å². The van der Waals surface area contributed by atoms with Crippen molar-refractivity contribution in [1.29, 1.82) is 0 Å². The van der Waals surface area contributed by atoms with Gasteiger partial charge in [-0.25, -0.2) is 8.42 Å². The number of carbonyl (C=O) groups is 1. The Balaban J connectivity index is 1.75. The van der Waals surface area contributed by atoms with E-state index in [2.05, 4.69) is 0 Å². The minimum Gasteiger partial charge on any atom is -0.467 e. The van der Waals surface area contributed by atoms with Crippen molar-refractivity contribution in [1.82, 2.24) is 9.80 Å². The predicted octanol–water partition coefficient (Wildman–Crippen LogP) is 1.99. The third-order valence-electron chi connectivity index (χ3n) is 4.09. The molecule has 2 aliphatic rings. The van der Waals surface area contributed by atoms with Gasteiger partial charge in [-0.15, -0.1) is 0 Å². The van der Waals surface area contributed by atoms with Crippen LogP contribution >= 0.6 is 24.0 Å². The van der Waals surface area contributed by atoms with E-state index in [1.165, 1.54) is 16.7 Å². The lowest BCUT2D eigenvalue weighted by atomic mass is 10.2. The fourth-order valence-electron chi connectivity index (χ4n) is 2.83. The minimum atomic E-state index is -2.96. The monoisotopic (exact) mass is 386 g/mol. The second-order valence-electron chi connectivity index (χ2n) is 5.72. The van der Waals surface area contributed by atoms with Gasteiger partial charge in [-0.05, 0) is 25.5 Å². The first-order valence-corrected chi connectivity index (χ1v) is 10.7. The molecule has 1 aromatic heterocycles. The highest BCUT2D eigenvalue weighted by atomic mass is 32.2. The molecule has 1 atom stereocenters. The van der Waals surface area contributed by atoms with Gasteiger partial charge in [0.15, 0.2) is 9.84 Å². The number of thioether (sulfide) groups is 1. The van der Waals surface area contributed by atoms with Crippen LogP contribution in [0.2, 0.25) is 0 Å². The summed E-state index contributed by atoms with van der Waals surface area (Å²) in [5.41, 5.74) is 0. The van der Waals surface area contributed by atoms with Gasteiger partial charge >= 0.3 is 0 Å². The summed E-state index contributed by atoms with van der Waals surface area (Å²) in [5.74, 6) is 0.855. The van der Waals surface area contributed by atoms with Crippen molar-refractivity contribution >= 4 is 44.0 Å². The molecule has 1 unspecified atom stereocenters. The van der Waals surface area contributed by atoms with Crippen LogP contribution in [-0.4, -0.2) is 52.5 Å². The number of amides is 1. The maximum Gasteiger partial charge on any atom is 0.268 e. The van der Waals surface area contributed by atoms with E-state index in [4.69, 9.17) is 16.6 Å². The second kappa shape index (κ2) is 6.89. The molecule has 0 radical (unpaired) electrons. The van der Waals surface area contributed by atoms with Gasteiger partial charge < -0.3 is 9.32 Å². The van der Waals surface area contributed by atoms with Gasteiger partial charge in [-0.3, -0.25) is 9.69 Å². The Kier molecular flexibility index (Phi) is 5.03. The van der Waals surface area contributed by atoms with Crippen LogP contribution in [0.5, 0.6) is 0 Å². The number of furan rings is 1. The fraction of sp³-hybridized carbons (Fsp3) is 0.467. The summed E-state index contributed by atoms with van der Waals surface area (Å²) in [5, 5.41) is 0. The number of rotatable bonds is 5. The number of sulfone groups is 1. The zero-order chi connectivity index (χ0) is 17.3. The Morgan fingerprint density at radius 2 is 2.33 bits per heavy atom. The highest BCUT2D eigenvalue weighted by molar-refractivity contribution is 8.26. The first-order valence-electron chi connectivity index (χ1n) is 7.63.